The molecular weight excluding hydrogens is 244 g/mol. The van der Waals surface area contributed by atoms with E-state index >= 15 is 0 Å². The smallest absolute Gasteiger partial charge is 0.318 e. The standard InChI is InChI=1S/C13H20N4O2/c1-3-8-17(9(2)12(18)16-13(15)19)11-6-4-10(14)5-7-11/h4-7,9H,3,8,14H2,1-2H3,(H3,15,16,18,19). The molecule has 1 aromatic carbocycles. The van der Waals surface area contributed by atoms with E-state index in [2.05, 4.69) is 5.32 Å². The second-order valence-corrected chi connectivity index (χ2v) is 4.31. The summed E-state index contributed by atoms with van der Waals surface area (Å²) < 4.78 is 0. The van der Waals surface area contributed by atoms with Gasteiger partial charge in [-0.15, -0.1) is 0 Å². The molecule has 0 aliphatic carbocycles. The van der Waals surface area contributed by atoms with Crippen LogP contribution in [-0.2, 0) is 4.79 Å². The van der Waals surface area contributed by atoms with Crippen LogP contribution in [-0.4, -0.2) is 24.5 Å². The molecule has 0 radical (unpaired) electrons. The number of rotatable bonds is 5. The van der Waals surface area contributed by atoms with Gasteiger partial charge in [0, 0.05) is 17.9 Å². The minimum Gasteiger partial charge on any atom is -0.399 e. The minimum absolute atomic E-state index is 0.419. The first-order valence-electron chi connectivity index (χ1n) is 6.18. The Morgan fingerprint density at radius 1 is 1.32 bits per heavy atom. The van der Waals surface area contributed by atoms with Crippen molar-refractivity contribution in [3.8, 4) is 0 Å². The summed E-state index contributed by atoms with van der Waals surface area (Å²) in [6.45, 7) is 4.44. The molecular formula is C13H20N4O2. The highest BCUT2D eigenvalue weighted by molar-refractivity contribution is 5.97. The molecule has 0 aliphatic heterocycles. The maximum Gasteiger partial charge on any atom is 0.318 e. The number of imide groups is 1. The molecule has 19 heavy (non-hydrogen) atoms. The van der Waals surface area contributed by atoms with Crippen LogP contribution in [0.3, 0.4) is 0 Å². The van der Waals surface area contributed by atoms with Gasteiger partial charge in [-0.3, -0.25) is 10.1 Å². The third kappa shape index (κ3) is 4.17. The van der Waals surface area contributed by atoms with Gasteiger partial charge in [0.2, 0.25) is 5.91 Å². The quantitative estimate of drug-likeness (QED) is 0.692. The van der Waals surface area contributed by atoms with E-state index in [1.807, 2.05) is 24.0 Å². The van der Waals surface area contributed by atoms with Gasteiger partial charge in [-0.1, -0.05) is 6.92 Å². The number of nitrogens with one attached hydrogen (secondary N) is 1. The van der Waals surface area contributed by atoms with E-state index in [1.54, 1.807) is 19.1 Å². The number of nitrogens with two attached hydrogens (primary N) is 2. The minimum atomic E-state index is -0.842. The Balaban J connectivity index is 2.90. The summed E-state index contributed by atoms with van der Waals surface area (Å²) in [4.78, 5) is 24.5. The van der Waals surface area contributed by atoms with Gasteiger partial charge in [0.05, 0.1) is 0 Å². The van der Waals surface area contributed by atoms with Crippen LogP contribution in [0.15, 0.2) is 24.3 Å². The summed E-state index contributed by atoms with van der Waals surface area (Å²) >= 11 is 0. The van der Waals surface area contributed by atoms with Crippen molar-refractivity contribution < 1.29 is 9.59 Å². The first-order chi connectivity index (χ1) is 8.95. The number of nitrogen functional groups attached to an aromatic ring is 1. The number of primary amides is 1. The fourth-order valence-electron chi connectivity index (χ4n) is 1.82. The van der Waals surface area contributed by atoms with Gasteiger partial charge >= 0.3 is 6.03 Å². The summed E-state index contributed by atoms with van der Waals surface area (Å²) in [6, 6.07) is 5.91. The number of carbonyl (C=O) groups excluding carboxylic acids is 2. The lowest BCUT2D eigenvalue weighted by Gasteiger charge is -2.29. The monoisotopic (exact) mass is 264 g/mol. The van der Waals surface area contributed by atoms with Crippen molar-refractivity contribution in [3.63, 3.8) is 0 Å². The predicted octanol–water partition coefficient (Wildman–Crippen LogP) is 1.07. The van der Waals surface area contributed by atoms with Gasteiger partial charge in [0.15, 0.2) is 0 Å². The van der Waals surface area contributed by atoms with E-state index in [4.69, 9.17) is 11.5 Å². The molecule has 1 atom stereocenters. The first kappa shape index (κ1) is 14.8. The Morgan fingerprint density at radius 2 is 1.89 bits per heavy atom. The van der Waals surface area contributed by atoms with Gasteiger partial charge in [-0.05, 0) is 37.6 Å². The van der Waals surface area contributed by atoms with Crippen molar-refractivity contribution in [2.75, 3.05) is 17.2 Å². The van der Waals surface area contributed by atoms with E-state index in [1.165, 1.54) is 0 Å². The summed E-state index contributed by atoms with van der Waals surface area (Å²) in [7, 11) is 0. The van der Waals surface area contributed by atoms with Crippen LogP contribution in [0.5, 0.6) is 0 Å². The Kier molecular flexibility index (Phi) is 5.17. The normalized spacial score (nSPS) is 11.7. The second kappa shape index (κ2) is 6.63. The molecule has 0 heterocycles. The van der Waals surface area contributed by atoms with Gasteiger partial charge in [-0.2, -0.15) is 0 Å². The lowest BCUT2D eigenvalue weighted by molar-refractivity contribution is -0.120. The van der Waals surface area contributed by atoms with Crippen LogP contribution in [0.4, 0.5) is 16.2 Å². The number of benzene rings is 1. The molecule has 1 aromatic rings. The highest BCUT2D eigenvalue weighted by atomic mass is 16.2. The van der Waals surface area contributed by atoms with Crippen LogP contribution < -0.4 is 21.7 Å². The van der Waals surface area contributed by atoms with E-state index in [0.717, 1.165) is 12.1 Å². The number of hydrogen-bond donors (Lipinski definition) is 3. The molecule has 0 saturated carbocycles. The largest absolute Gasteiger partial charge is 0.399 e. The lowest BCUT2D eigenvalue weighted by Crippen LogP contribution is -2.48. The molecule has 0 bridgehead atoms. The molecule has 0 aliphatic rings. The zero-order chi connectivity index (χ0) is 14.4. The topological polar surface area (TPSA) is 101 Å². The zero-order valence-corrected chi connectivity index (χ0v) is 11.2. The summed E-state index contributed by atoms with van der Waals surface area (Å²) in [5, 5.41) is 2.10. The average molecular weight is 264 g/mol. The molecule has 6 heteroatoms. The van der Waals surface area contributed by atoms with Crippen LogP contribution in [0.1, 0.15) is 20.3 Å². The van der Waals surface area contributed by atoms with Crippen molar-refractivity contribution in [1.29, 1.82) is 0 Å². The number of hydrogen-bond acceptors (Lipinski definition) is 4. The SMILES string of the molecule is CCCN(c1ccc(N)cc1)C(C)C(=O)NC(N)=O. The Bertz CT molecular complexity index is 444. The predicted molar refractivity (Wildman–Crippen MR) is 75.7 cm³/mol. The molecule has 0 fully saturated rings. The summed E-state index contributed by atoms with van der Waals surface area (Å²) in [6.07, 6.45) is 0.874. The van der Waals surface area contributed by atoms with Crippen molar-refractivity contribution in [2.24, 2.45) is 5.73 Å². The van der Waals surface area contributed by atoms with Crippen molar-refractivity contribution in [2.45, 2.75) is 26.3 Å². The molecule has 104 valence electrons. The fourth-order valence-corrected chi connectivity index (χ4v) is 1.82. The van der Waals surface area contributed by atoms with E-state index in [0.29, 0.717) is 12.2 Å². The molecule has 1 unspecified atom stereocenters. The van der Waals surface area contributed by atoms with Crippen molar-refractivity contribution in [1.82, 2.24) is 5.32 Å². The Morgan fingerprint density at radius 3 is 2.37 bits per heavy atom. The number of anilines is 2. The summed E-state index contributed by atoms with van der Waals surface area (Å²) in [5.41, 5.74) is 12.1. The highest BCUT2D eigenvalue weighted by Gasteiger charge is 2.21. The first-order valence-corrected chi connectivity index (χ1v) is 6.18. The van der Waals surface area contributed by atoms with Gasteiger partial charge in [0.25, 0.3) is 0 Å². The van der Waals surface area contributed by atoms with E-state index < -0.39 is 18.0 Å². The highest BCUT2D eigenvalue weighted by Crippen LogP contribution is 2.19. The number of nitrogens with zero attached hydrogens (tertiary/aromatic N) is 1. The van der Waals surface area contributed by atoms with E-state index in [-0.39, 0.29) is 0 Å². The Labute approximate surface area is 112 Å². The molecule has 6 nitrogen and oxygen atoms in total. The number of carbonyl (C=O) groups is 2. The van der Waals surface area contributed by atoms with Crippen LogP contribution in [0.25, 0.3) is 0 Å². The third-order valence-electron chi connectivity index (χ3n) is 2.78. The maximum absolute atomic E-state index is 11.8. The fraction of sp³-hybridized carbons (Fsp3) is 0.385. The molecule has 5 N–H and O–H groups in total. The van der Waals surface area contributed by atoms with Gasteiger partial charge < -0.3 is 16.4 Å². The van der Waals surface area contributed by atoms with Crippen molar-refractivity contribution in [3.05, 3.63) is 24.3 Å². The lowest BCUT2D eigenvalue weighted by atomic mass is 10.2. The second-order valence-electron chi connectivity index (χ2n) is 4.31. The van der Waals surface area contributed by atoms with Crippen LogP contribution >= 0.6 is 0 Å². The molecule has 0 spiro atoms. The Hall–Kier alpha value is -2.24. The average Bonchev–Trinajstić information content (AvgIpc) is 2.35. The van der Waals surface area contributed by atoms with Gasteiger partial charge in [0.1, 0.15) is 6.04 Å². The van der Waals surface area contributed by atoms with Crippen molar-refractivity contribution >= 4 is 23.3 Å². The maximum atomic E-state index is 11.8. The molecule has 0 saturated heterocycles. The van der Waals surface area contributed by atoms with E-state index in [9.17, 15) is 9.59 Å². The summed E-state index contributed by atoms with van der Waals surface area (Å²) in [5.74, 6) is -0.419. The zero-order valence-electron chi connectivity index (χ0n) is 11.2. The third-order valence-corrected chi connectivity index (χ3v) is 2.78. The number of amides is 3. The van der Waals surface area contributed by atoms with Crippen LogP contribution in [0.2, 0.25) is 0 Å². The van der Waals surface area contributed by atoms with Gasteiger partial charge in [-0.25, -0.2) is 4.79 Å². The molecule has 0 aromatic heterocycles. The molecule has 1 rings (SSSR count). The van der Waals surface area contributed by atoms with Crippen LogP contribution in [0, 0.1) is 0 Å². The molecule has 3 amide bonds. The number of urea groups is 1.